The summed E-state index contributed by atoms with van der Waals surface area (Å²) < 4.78 is 0. The first-order chi connectivity index (χ1) is 15.2. The molecule has 0 N–H and O–H groups in total. The zero-order valence-electron chi connectivity index (χ0n) is 16.0. The SMILES string of the molecule is Clc1ccc(-c2ccc(Cl)c(Cl)c2)cc1Cl.Clc1ccc(Cl)c(-c2ccc(Cl)c(Cl)c2)c1. The lowest BCUT2D eigenvalue weighted by molar-refractivity contribution is 1.61. The molecule has 0 fully saturated rings. The molecule has 0 radical (unpaired) electrons. The molecule has 4 aromatic rings. The van der Waals surface area contributed by atoms with Gasteiger partial charge in [0, 0.05) is 15.6 Å². The molecule has 0 spiro atoms. The normalized spacial score (nSPS) is 10.5. The highest BCUT2D eigenvalue weighted by molar-refractivity contribution is 6.43. The third-order valence-corrected chi connectivity index (χ3v) is 7.11. The van der Waals surface area contributed by atoms with Gasteiger partial charge in [-0.15, -0.1) is 0 Å². The van der Waals surface area contributed by atoms with Crippen LogP contribution in [0.15, 0.2) is 72.8 Å². The molecule has 8 heteroatoms. The average Bonchev–Trinajstić information content (AvgIpc) is 2.76. The van der Waals surface area contributed by atoms with E-state index >= 15 is 0 Å². The van der Waals surface area contributed by atoms with Crippen molar-refractivity contribution >= 4 is 92.8 Å². The van der Waals surface area contributed by atoms with Gasteiger partial charge in [0.05, 0.1) is 30.1 Å². The van der Waals surface area contributed by atoms with E-state index in [0.29, 0.717) is 40.2 Å². The summed E-state index contributed by atoms with van der Waals surface area (Å²) in [7, 11) is 0. The number of rotatable bonds is 2. The van der Waals surface area contributed by atoms with Gasteiger partial charge in [-0.25, -0.2) is 0 Å². The van der Waals surface area contributed by atoms with Crippen LogP contribution in [0.25, 0.3) is 22.3 Å². The van der Waals surface area contributed by atoms with Gasteiger partial charge in [0.25, 0.3) is 0 Å². The molecule has 0 nitrogen and oxygen atoms in total. The lowest BCUT2D eigenvalue weighted by Gasteiger charge is -2.06. The van der Waals surface area contributed by atoms with Crippen LogP contribution in [0.2, 0.25) is 40.2 Å². The fourth-order valence-corrected chi connectivity index (χ4v) is 4.03. The lowest BCUT2D eigenvalue weighted by Crippen LogP contribution is -1.80. The lowest BCUT2D eigenvalue weighted by atomic mass is 10.1. The van der Waals surface area contributed by atoms with E-state index in [2.05, 4.69) is 0 Å². The van der Waals surface area contributed by atoms with Crippen LogP contribution in [-0.2, 0) is 0 Å². The molecule has 0 saturated carbocycles. The van der Waals surface area contributed by atoms with Crippen molar-refractivity contribution in [1.82, 2.24) is 0 Å². The predicted octanol–water partition coefficient (Wildman–Crippen LogP) is 11.9. The minimum atomic E-state index is 0.496. The summed E-state index contributed by atoms with van der Waals surface area (Å²) in [6, 6.07) is 21.5. The van der Waals surface area contributed by atoms with Crippen LogP contribution in [0.3, 0.4) is 0 Å². The number of hydrogen-bond donors (Lipinski definition) is 0. The van der Waals surface area contributed by atoms with E-state index in [4.69, 9.17) is 92.8 Å². The number of hydrogen-bond acceptors (Lipinski definition) is 0. The first-order valence-corrected chi connectivity index (χ1v) is 12.0. The second kappa shape index (κ2) is 11.6. The van der Waals surface area contributed by atoms with Crippen molar-refractivity contribution in [2.75, 3.05) is 0 Å². The zero-order chi connectivity index (χ0) is 23.4. The van der Waals surface area contributed by atoms with Crippen molar-refractivity contribution in [1.29, 1.82) is 0 Å². The molecule has 0 unspecified atom stereocenters. The van der Waals surface area contributed by atoms with Gasteiger partial charge in [-0.3, -0.25) is 0 Å². The second-order valence-electron chi connectivity index (χ2n) is 6.51. The minimum absolute atomic E-state index is 0.496. The third kappa shape index (κ3) is 6.63. The fourth-order valence-electron chi connectivity index (χ4n) is 2.73. The molecule has 0 aliphatic rings. The van der Waals surface area contributed by atoms with Crippen molar-refractivity contribution in [2.24, 2.45) is 0 Å². The molecule has 4 aromatic carbocycles. The smallest absolute Gasteiger partial charge is 0.0598 e. The molecule has 4 rings (SSSR count). The average molecular weight is 584 g/mol. The van der Waals surface area contributed by atoms with Crippen LogP contribution in [-0.4, -0.2) is 0 Å². The quantitative estimate of drug-likeness (QED) is 0.220. The monoisotopic (exact) mass is 580 g/mol. The van der Waals surface area contributed by atoms with Gasteiger partial charge in [-0.1, -0.05) is 111 Å². The number of halogens is 8. The van der Waals surface area contributed by atoms with Crippen molar-refractivity contribution in [3.05, 3.63) is 113 Å². The topological polar surface area (TPSA) is 0 Å². The Balaban J connectivity index is 0.000000181. The van der Waals surface area contributed by atoms with Crippen LogP contribution in [0.5, 0.6) is 0 Å². The van der Waals surface area contributed by atoms with E-state index in [0.717, 1.165) is 22.3 Å². The molecular weight excluding hydrogens is 572 g/mol. The Morgan fingerprint density at radius 2 is 0.688 bits per heavy atom. The predicted molar refractivity (Wildman–Crippen MR) is 144 cm³/mol. The van der Waals surface area contributed by atoms with E-state index < -0.39 is 0 Å². The maximum absolute atomic E-state index is 6.09. The van der Waals surface area contributed by atoms with Gasteiger partial charge in [-0.05, 0) is 71.3 Å². The van der Waals surface area contributed by atoms with E-state index in [-0.39, 0.29) is 0 Å². The van der Waals surface area contributed by atoms with Crippen molar-refractivity contribution in [3.63, 3.8) is 0 Å². The molecule has 0 aliphatic carbocycles. The largest absolute Gasteiger partial charge is 0.0843 e. The van der Waals surface area contributed by atoms with Gasteiger partial charge in [-0.2, -0.15) is 0 Å². The maximum Gasteiger partial charge on any atom is 0.0598 e. The summed E-state index contributed by atoms with van der Waals surface area (Å²) in [5.74, 6) is 0. The highest BCUT2D eigenvalue weighted by Gasteiger charge is 2.07. The molecule has 32 heavy (non-hydrogen) atoms. The molecule has 164 valence electrons. The Hall–Kier alpha value is -0.800. The molecular formula is C24H12Cl8. The molecule has 0 saturated heterocycles. The summed E-state index contributed by atoms with van der Waals surface area (Å²) in [6.45, 7) is 0. The van der Waals surface area contributed by atoms with Crippen molar-refractivity contribution < 1.29 is 0 Å². The molecule has 0 heterocycles. The summed E-state index contributed by atoms with van der Waals surface area (Å²) in [5.41, 5.74) is 3.63. The Morgan fingerprint density at radius 3 is 1.12 bits per heavy atom. The van der Waals surface area contributed by atoms with Gasteiger partial charge in [0.15, 0.2) is 0 Å². The third-order valence-electron chi connectivity index (χ3n) is 4.33. The van der Waals surface area contributed by atoms with Crippen LogP contribution >= 0.6 is 92.8 Å². The Kier molecular flexibility index (Phi) is 9.32. The molecule has 0 aliphatic heterocycles. The van der Waals surface area contributed by atoms with E-state index in [1.54, 1.807) is 54.6 Å². The second-order valence-corrected chi connectivity index (χ2v) is 9.80. The minimum Gasteiger partial charge on any atom is -0.0843 e. The summed E-state index contributed by atoms with van der Waals surface area (Å²) in [4.78, 5) is 0. The van der Waals surface area contributed by atoms with Crippen molar-refractivity contribution in [2.45, 2.75) is 0 Å². The van der Waals surface area contributed by atoms with Crippen LogP contribution in [0.1, 0.15) is 0 Å². The first-order valence-electron chi connectivity index (χ1n) is 8.96. The van der Waals surface area contributed by atoms with E-state index in [9.17, 15) is 0 Å². The highest BCUT2D eigenvalue weighted by atomic mass is 35.5. The summed E-state index contributed by atoms with van der Waals surface area (Å²) in [5, 5.41) is 4.37. The van der Waals surface area contributed by atoms with Gasteiger partial charge >= 0.3 is 0 Å². The highest BCUT2D eigenvalue weighted by Crippen LogP contribution is 2.34. The molecule has 0 aromatic heterocycles. The van der Waals surface area contributed by atoms with Crippen LogP contribution in [0.4, 0.5) is 0 Å². The van der Waals surface area contributed by atoms with E-state index in [1.165, 1.54) is 0 Å². The summed E-state index contributed by atoms with van der Waals surface area (Å²) >= 11 is 47.4. The molecule has 0 atom stereocenters. The molecule has 0 bridgehead atoms. The maximum atomic E-state index is 6.09. The van der Waals surface area contributed by atoms with Gasteiger partial charge < -0.3 is 0 Å². The number of benzene rings is 4. The van der Waals surface area contributed by atoms with E-state index in [1.807, 2.05) is 18.2 Å². The Morgan fingerprint density at radius 1 is 0.312 bits per heavy atom. The zero-order valence-corrected chi connectivity index (χ0v) is 22.0. The van der Waals surface area contributed by atoms with Gasteiger partial charge in [0.2, 0.25) is 0 Å². The fraction of sp³-hybridized carbons (Fsp3) is 0. The van der Waals surface area contributed by atoms with Crippen molar-refractivity contribution in [3.8, 4) is 22.3 Å². The summed E-state index contributed by atoms with van der Waals surface area (Å²) in [6.07, 6.45) is 0. The van der Waals surface area contributed by atoms with Crippen LogP contribution in [0, 0.1) is 0 Å². The Bertz CT molecular complexity index is 1220. The van der Waals surface area contributed by atoms with Crippen LogP contribution < -0.4 is 0 Å². The first kappa shape index (κ1) is 25.8. The Labute approximate surface area is 226 Å². The molecule has 0 amide bonds. The standard InChI is InChI=1S/2C12H6Cl4/c13-8-2-4-10(14)9(6-8)7-1-3-11(15)12(16)5-7;13-9-3-1-7(5-11(9)15)8-2-4-10(14)12(16)6-8/h2*1-6H. The van der Waals surface area contributed by atoms with Gasteiger partial charge in [0.1, 0.15) is 0 Å².